The van der Waals surface area contributed by atoms with Gasteiger partial charge >= 0.3 is 0 Å². The van der Waals surface area contributed by atoms with Crippen molar-refractivity contribution >= 4 is 33.9 Å². The van der Waals surface area contributed by atoms with Crippen LogP contribution in [0.25, 0.3) is 33.6 Å². The Balaban J connectivity index is 1.20. The third kappa shape index (κ3) is 5.13. The van der Waals surface area contributed by atoms with Crippen molar-refractivity contribution < 1.29 is 17.1 Å². The van der Waals surface area contributed by atoms with E-state index >= 15 is 0 Å². The van der Waals surface area contributed by atoms with Crippen LogP contribution < -0.4 is 15.8 Å². The number of carbonyl (C=O) groups excluding carboxylic acids is 2. The number of imidazole rings is 1. The van der Waals surface area contributed by atoms with E-state index in [4.69, 9.17) is 23.2 Å². The van der Waals surface area contributed by atoms with Crippen molar-refractivity contribution in [1.82, 2.24) is 29.3 Å². The molecule has 3 aromatic heterocycles. The van der Waals surface area contributed by atoms with Crippen molar-refractivity contribution in [3.8, 4) is 17.3 Å². The number of aryl methyl sites for hydroxylation is 3. The van der Waals surface area contributed by atoms with Crippen LogP contribution in [-0.4, -0.2) is 61.5 Å². The molecule has 4 atom stereocenters. The van der Waals surface area contributed by atoms with E-state index in [1.807, 2.05) is 54.9 Å². The van der Waals surface area contributed by atoms with Gasteiger partial charge in [0.15, 0.2) is 5.82 Å². The normalized spacial score (nSPS) is 24.6. The van der Waals surface area contributed by atoms with Gasteiger partial charge < -0.3 is 29.8 Å². The number of likely N-dealkylation sites (tertiary alicyclic amines) is 1. The number of hydrogen-bond acceptors (Lipinski definition) is 6. The van der Waals surface area contributed by atoms with Crippen LogP contribution in [-0.2, 0) is 20.0 Å². The Labute approximate surface area is 283 Å². The Morgan fingerprint density at radius 2 is 1.94 bits per heavy atom. The van der Waals surface area contributed by atoms with Gasteiger partial charge in [0.1, 0.15) is 16.9 Å². The lowest BCUT2D eigenvalue weighted by Crippen LogP contribution is -2.51. The summed E-state index contributed by atoms with van der Waals surface area (Å²) in [5.74, 6) is 0.781. The second kappa shape index (κ2) is 12.1. The van der Waals surface area contributed by atoms with Crippen LogP contribution in [0.2, 0.25) is 0 Å². The first-order chi connectivity index (χ1) is 24.1. The van der Waals surface area contributed by atoms with E-state index in [0.717, 1.165) is 90.6 Å². The van der Waals surface area contributed by atoms with Gasteiger partial charge in [-0.3, -0.25) is 9.59 Å². The number of rotatable bonds is 3. The molecule has 3 N–H and O–H groups in total. The summed E-state index contributed by atoms with van der Waals surface area (Å²) in [4.78, 5) is 39.0. The van der Waals surface area contributed by atoms with Gasteiger partial charge in [-0.15, -0.1) is 0 Å². The van der Waals surface area contributed by atoms with Crippen molar-refractivity contribution in [3.63, 3.8) is 0 Å². The highest BCUT2D eigenvalue weighted by Crippen LogP contribution is 2.39. The molecule has 8 rings (SSSR count). The van der Waals surface area contributed by atoms with Crippen LogP contribution >= 0.6 is 0 Å². The summed E-state index contributed by atoms with van der Waals surface area (Å²) in [6.45, 7) is 0.738. The highest BCUT2D eigenvalue weighted by atomic mass is 16.5. The molecule has 1 unspecified atom stereocenters. The molecule has 5 heterocycles. The van der Waals surface area contributed by atoms with Gasteiger partial charge in [-0.2, -0.15) is 0 Å². The topological polar surface area (TPSA) is 120 Å². The van der Waals surface area contributed by atoms with Crippen LogP contribution in [0, 0.1) is 5.92 Å². The van der Waals surface area contributed by atoms with Crippen molar-refractivity contribution in [3.05, 3.63) is 77.0 Å². The molecule has 2 aliphatic heterocycles. The fourth-order valence-corrected chi connectivity index (χ4v) is 7.97. The van der Waals surface area contributed by atoms with E-state index in [-0.39, 0.29) is 23.9 Å². The molecule has 1 aliphatic carbocycles. The zero-order chi connectivity index (χ0) is 34.9. The van der Waals surface area contributed by atoms with Crippen LogP contribution in [0.1, 0.15) is 86.2 Å². The average molecular weight is 648 g/mol. The van der Waals surface area contributed by atoms with E-state index in [1.54, 1.807) is 19.2 Å². The molecule has 1 saturated heterocycles. The smallest absolute Gasteiger partial charge is 0.254 e. The lowest BCUT2D eigenvalue weighted by atomic mass is 9.94. The number of benzene rings is 2. The summed E-state index contributed by atoms with van der Waals surface area (Å²) < 4.78 is 27.7. The van der Waals surface area contributed by atoms with Crippen LogP contribution in [0.4, 0.5) is 0 Å². The molecular formula is C38H43N7O3. The van der Waals surface area contributed by atoms with E-state index in [1.165, 1.54) is 4.90 Å². The van der Waals surface area contributed by atoms with Crippen LogP contribution in [0.3, 0.4) is 0 Å². The monoisotopic (exact) mass is 647 g/mol. The number of nitrogens with one attached hydrogen (secondary N) is 1. The first kappa shape index (κ1) is 28.3. The first-order valence-electron chi connectivity index (χ1n) is 18.1. The summed E-state index contributed by atoms with van der Waals surface area (Å²) in [6, 6.07) is 16.2. The third-order valence-electron chi connectivity index (χ3n) is 10.6. The number of nitrogens with two attached hydrogens (primary N) is 1. The quantitative estimate of drug-likeness (QED) is 0.257. The third-order valence-corrected chi connectivity index (χ3v) is 10.6. The van der Waals surface area contributed by atoms with Gasteiger partial charge in [0.25, 0.3) is 11.8 Å². The van der Waals surface area contributed by atoms with Gasteiger partial charge in [-0.05, 0) is 93.3 Å². The van der Waals surface area contributed by atoms with E-state index in [9.17, 15) is 9.59 Å². The molecule has 10 heteroatoms. The van der Waals surface area contributed by atoms with Crippen molar-refractivity contribution in [2.24, 2.45) is 18.7 Å². The molecule has 48 heavy (non-hydrogen) atoms. The minimum absolute atomic E-state index is 0.0854. The number of carbonyl (C=O) groups is 2. The molecular weight excluding hydrogens is 602 g/mol. The lowest BCUT2D eigenvalue weighted by molar-refractivity contribution is 0.0603. The molecule has 5 aromatic rings. The number of methoxy groups -OCH3 is 1. The molecule has 0 radical (unpaired) electrons. The first-order valence-corrected chi connectivity index (χ1v) is 17.1. The Morgan fingerprint density at radius 3 is 2.79 bits per heavy atom. The molecule has 2 amide bonds. The summed E-state index contributed by atoms with van der Waals surface area (Å²) in [6.07, 6.45) is 5.96. The van der Waals surface area contributed by atoms with Crippen LogP contribution in [0.5, 0.6) is 5.75 Å². The molecule has 4 bridgehead atoms. The predicted octanol–water partition coefficient (Wildman–Crippen LogP) is 5.77. The standard InChI is InChI=1S/C38H43N7O3/c1-22-30-15-13-25-19-32(44(35(25)41-30)16-8-4-5-9-23-10-6-7-11-28(23)37(46)40-22)36-42-31-18-26(20-33(48-3)34(31)43(36)2)38(47)45-21-29(39)24-12-14-27(45)17-24/h6-7,10-11,13,15,18-20,22,24,27,29H,4-5,8-9,12,14,16-17,21,39H2,1-3H3,(H,40,46)/t22?,24-,27+,29+/m1/s1/i21D2. The molecule has 0 spiro atoms. The molecule has 2 aromatic carbocycles. The van der Waals surface area contributed by atoms with Gasteiger partial charge in [-0.1, -0.05) is 24.6 Å². The van der Waals surface area contributed by atoms with E-state index < -0.39 is 18.4 Å². The average Bonchev–Trinajstić information content (AvgIpc) is 3.80. The van der Waals surface area contributed by atoms with Gasteiger partial charge in [-0.25, -0.2) is 9.97 Å². The number of nitrogens with zero attached hydrogens (tertiary/aromatic N) is 5. The lowest BCUT2D eigenvalue weighted by Gasteiger charge is -2.37. The second-order valence-electron chi connectivity index (χ2n) is 13.6. The minimum Gasteiger partial charge on any atom is -0.494 e. The molecule has 1 saturated carbocycles. The summed E-state index contributed by atoms with van der Waals surface area (Å²) in [7, 11) is 3.51. The number of piperidine rings is 1. The number of fused-ring (bicyclic) bond motifs is 5. The van der Waals surface area contributed by atoms with Gasteiger partial charge in [0, 0.05) is 48.7 Å². The maximum atomic E-state index is 14.1. The zero-order valence-electron chi connectivity index (χ0n) is 29.7. The molecule has 10 nitrogen and oxygen atoms in total. The zero-order valence-corrected chi connectivity index (χ0v) is 27.7. The van der Waals surface area contributed by atoms with Crippen molar-refractivity contribution in [1.29, 1.82) is 0 Å². The largest absolute Gasteiger partial charge is 0.494 e. The minimum atomic E-state index is -1.95. The maximum Gasteiger partial charge on any atom is 0.254 e. The summed E-state index contributed by atoms with van der Waals surface area (Å²) in [5.41, 5.74) is 12.3. The summed E-state index contributed by atoms with van der Waals surface area (Å²) in [5, 5.41) is 4.13. The second-order valence-corrected chi connectivity index (χ2v) is 13.6. The van der Waals surface area contributed by atoms with Crippen molar-refractivity contribution in [2.45, 2.75) is 76.5 Å². The molecule has 3 aliphatic rings. The maximum absolute atomic E-state index is 14.1. The van der Waals surface area contributed by atoms with Gasteiger partial charge in [0.05, 0.1) is 32.8 Å². The Kier molecular flexibility index (Phi) is 7.13. The highest BCUT2D eigenvalue weighted by Gasteiger charge is 2.41. The number of hydrogen-bond donors (Lipinski definition) is 2. The number of aromatic nitrogens is 4. The van der Waals surface area contributed by atoms with Crippen LogP contribution in [0.15, 0.2) is 54.6 Å². The van der Waals surface area contributed by atoms with Gasteiger partial charge in [0.2, 0.25) is 0 Å². The summed E-state index contributed by atoms with van der Waals surface area (Å²) >= 11 is 0. The number of pyridine rings is 1. The fourth-order valence-electron chi connectivity index (χ4n) is 7.97. The predicted molar refractivity (Wildman–Crippen MR) is 186 cm³/mol. The molecule has 2 fully saturated rings. The number of ether oxygens (including phenoxy) is 1. The molecule has 248 valence electrons. The highest BCUT2D eigenvalue weighted by molar-refractivity contribution is 6.00. The van der Waals surface area contributed by atoms with E-state index in [2.05, 4.69) is 16.0 Å². The fraction of sp³-hybridized carbons (Fsp3) is 0.421. The van der Waals surface area contributed by atoms with E-state index in [0.29, 0.717) is 22.7 Å². The van der Waals surface area contributed by atoms with Crippen molar-refractivity contribution in [2.75, 3.05) is 13.6 Å². The number of amides is 2. The Hall–Kier alpha value is -4.70. The Morgan fingerprint density at radius 1 is 1.08 bits per heavy atom. The SMILES string of the molecule is [2H]C1([2H])[C@H](N)[C@@H]2CC[C@@H](C2)N1C(=O)c1cc(OC)c2c(c1)nc(-c1cc3ccc4nc3n1CCCCCc1ccccc1C(=O)NC4C)n2C. The Bertz CT molecular complexity index is 2160.